The van der Waals surface area contributed by atoms with Gasteiger partial charge >= 0.3 is 5.97 Å². The first-order valence-electron chi connectivity index (χ1n) is 5.66. The minimum Gasteiger partial charge on any atom is -0.468 e. The second-order valence-corrected chi connectivity index (χ2v) is 3.97. The van der Waals surface area contributed by atoms with Gasteiger partial charge in [0.25, 0.3) is 5.91 Å². The number of methoxy groups -OCH3 is 1. The van der Waals surface area contributed by atoms with Crippen molar-refractivity contribution in [2.45, 2.75) is 6.04 Å². The number of amides is 1. The fraction of sp³-hybridized carbons (Fsp3) is 0.250. The van der Waals surface area contributed by atoms with Crippen LogP contribution in [0.15, 0.2) is 24.5 Å². The number of esters is 1. The maximum atomic E-state index is 11.9. The van der Waals surface area contributed by atoms with Crippen LogP contribution in [0.1, 0.15) is 10.4 Å². The Morgan fingerprint density at radius 3 is 3.05 bits per heavy atom. The Balaban J connectivity index is 2.01. The zero-order chi connectivity index (χ0) is 13.8. The molecule has 4 N–H and O–H groups in total. The quantitative estimate of drug-likeness (QED) is 0.660. The third-order valence-electron chi connectivity index (χ3n) is 2.67. The van der Waals surface area contributed by atoms with Crippen molar-refractivity contribution >= 4 is 22.9 Å². The predicted octanol–water partition coefficient (Wildman–Crippen LogP) is -0.207. The van der Waals surface area contributed by atoms with E-state index in [4.69, 9.17) is 5.73 Å². The fourth-order valence-electron chi connectivity index (χ4n) is 1.62. The number of nitrogens with one attached hydrogen (secondary N) is 2. The average Bonchev–Trinajstić information content (AvgIpc) is 2.90. The van der Waals surface area contributed by atoms with Gasteiger partial charge < -0.3 is 20.8 Å². The Morgan fingerprint density at radius 1 is 1.53 bits per heavy atom. The highest BCUT2D eigenvalue weighted by Gasteiger charge is 2.15. The lowest BCUT2D eigenvalue weighted by Gasteiger charge is -2.10. The van der Waals surface area contributed by atoms with E-state index in [0.29, 0.717) is 5.56 Å². The summed E-state index contributed by atoms with van der Waals surface area (Å²) in [5.41, 5.74) is 7.54. The molecular weight excluding hydrogens is 248 g/mol. The van der Waals surface area contributed by atoms with Crippen LogP contribution in [0.2, 0.25) is 0 Å². The summed E-state index contributed by atoms with van der Waals surface area (Å²) >= 11 is 0. The number of nitrogens with zero attached hydrogens (tertiary/aromatic N) is 1. The molecule has 7 heteroatoms. The number of carbonyl (C=O) groups is 2. The molecule has 0 aliphatic carbocycles. The average molecular weight is 262 g/mol. The first-order chi connectivity index (χ1) is 9.11. The van der Waals surface area contributed by atoms with E-state index in [1.807, 2.05) is 0 Å². The lowest BCUT2D eigenvalue weighted by atomic mass is 10.2. The van der Waals surface area contributed by atoms with E-state index in [2.05, 4.69) is 20.0 Å². The van der Waals surface area contributed by atoms with Crippen LogP contribution in [0.3, 0.4) is 0 Å². The van der Waals surface area contributed by atoms with Gasteiger partial charge in [0, 0.05) is 12.1 Å². The van der Waals surface area contributed by atoms with Crippen molar-refractivity contribution in [3.05, 3.63) is 30.1 Å². The van der Waals surface area contributed by atoms with Crippen molar-refractivity contribution in [3.8, 4) is 0 Å². The molecule has 7 nitrogen and oxygen atoms in total. The van der Waals surface area contributed by atoms with Crippen molar-refractivity contribution in [3.63, 3.8) is 0 Å². The third-order valence-corrected chi connectivity index (χ3v) is 2.67. The molecule has 0 radical (unpaired) electrons. The van der Waals surface area contributed by atoms with E-state index in [-0.39, 0.29) is 12.5 Å². The summed E-state index contributed by atoms with van der Waals surface area (Å²) in [6.07, 6.45) is 1.56. The Bertz CT molecular complexity index is 608. The molecule has 1 heterocycles. The summed E-state index contributed by atoms with van der Waals surface area (Å²) in [6, 6.07) is 4.20. The van der Waals surface area contributed by atoms with Gasteiger partial charge in [-0.05, 0) is 18.2 Å². The fourth-order valence-corrected chi connectivity index (χ4v) is 1.62. The zero-order valence-electron chi connectivity index (χ0n) is 10.3. The molecule has 0 saturated carbocycles. The zero-order valence-corrected chi connectivity index (χ0v) is 10.3. The van der Waals surface area contributed by atoms with Gasteiger partial charge in [-0.15, -0.1) is 0 Å². The molecule has 2 rings (SSSR count). The van der Waals surface area contributed by atoms with E-state index >= 15 is 0 Å². The summed E-state index contributed by atoms with van der Waals surface area (Å²) < 4.78 is 4.47. The summed E-state index contributed by atoms with van der Waals surface area (Å²) in [5, 5.41) is 2.57. The molecule has 0 spiro atoms. The Hall–Kier alpha value is -2.41. The van der Waals surface area contributed by atoms with E-state index in [1.165, 1.54) is 7.11 Å². The Morgan fingerprint density at radius 2 is 2.32 bits per heavy atom. The Kier molecular flexibility index (Phi) is 3.76. The number of carbonyl (C=O) groups excluding carboxylic acids is 2. The molecule has 1 atom stereocenters. The van der Waals surface area contributed by atoms with E-state index in [9.17, 15) is 9.59 Å². The number of H-pyrrole nitrogens is 1. The first-order valence-corrected chi connectivity index (χ1v) is 5.66. The maximum absolute atomic E-state index is 11.9. The molecular formula is C12H14N4O3. The van der Waals surface area contributed by atoms with Crippen molar-refractivity contribution in [1.29, 1.82) is 0 Å². The molecule has 1 aromatic carbocycles. The number of hydrogen-bond acceptors (Lipinski definition) is 5. The molecule has 19 heavy (non-hydrogen) atoms. The molecule has 2 aromatic rings. The molecule has 0 saturated heterocycles. The molecule has 1 aromatic heterocycles. The highest BCUT2D eigenvalue weighted by atomic mass is 16.5. The first kappa shape index (κ1) is 13.0. The van der Waals surface area contributed by atoms with Crippen LogP contribution in [0.4, 0.5) is 0 Å². The van der Waals surface area contributed by atoms with E-state index in [0.717, 1.165) is 11.0 Å². The lowest BCUT2D eigenvalue weighted by molar-refractivity contribution is -0.141. The summed E-state index contributed by atoms with van der Waals surface area (Å²) in [7, 11) is 1.25. The number of aromatic nitrogens is 2. The van der Waals surface area contributed by atoms with Gasteiger partial charge in [-0.3, -0.25) is 9.59 Å². The molecule has 0 aliphatic rings. The number of imidazole rings is 1. The van der Waals surface area contributed by atoms with Gasteiger partial charge in [0.15, 0.2) is 0 Å². The second kappa shape index (κ2) is 5.49. The molecule has 100 valence electrons. The number of aromatic amines is 1. The van der Waals surface area contributed by atoms with Gasteiger partial charge in [-0.1, -0.05) is 0 Å². The van der Waals surface area contributed by atoms with Crippen LogP contribution < -0.4 is 11.1 Å². The smallest absolute Gasteiger partial charge is 0.324 e. The standard InChI is InChI=1S/C12H14N4O3/c1-19-12(18)8(13)5-14-11(17)7-2-3-9-10(4-7)16-6-15-9/h2-4,6,8H,5,13H2,1H3,(H,14,17)(H,15,16)/t8-/m0/s1. The van der Waals surface area contributed by atoms with E-state index in [1.54, 1.807) is 24.5 Å². The van der Waals surface area contributed by atoms with Crippen molar-refractivity contribution in [2.75, 3.05) is 13.7 Å². The highest BCUT2D eigenvalue weighted by Crippen LogP contribution is 2.11. The van der Waals surface area contributed by atoms with Gasteiger partial charge in [0.2, 0.25) is 0 Å². The molecule has 0 unspecified atom stereocenters. The molecule has 1 amide bonds. The molecule has 0 aliphatic heterocycles. The predicted molar refractivity (Wildman–Crippen MR) is 68.4 cm³/mol. The van der Waals surface area contributed by atoms with Gasteiger partial charge in [-0.2, -0.15) is 0 Å². The minimum absolute atomic E-state index is 0.0204. The van der Waals surface area contributed by atoms with Crippen molar-refractivity contribution in [1.82, 2.24) is 15.3 Å². The van der Waals surface area contributed by atoms with Crippen molar-refractivity contribution < 1.29 is 14.3 Å². The summed E-state index contributed by atoms with van der Waals surface area (Å²) in [5.74, 6) is -0.875. The third kappa shape index (κ3) is 2.89. The number of hydrogen-bond donors (Lipinski definition) is 3. The maximum Gasteiger partial charge on any atom is 0.324 e. The lowest BCUT2D eigenvalue weighted by Crippen LogP contribution is -2.43. The second-order valence-electron chi connectivity index (χ2n) is 3.97. The monoisotopic (exact) mass is 262 g/mol. The van der Waals surface area contributed by atoms with Gasteiger partial charge in [0.05, 0.1) is 24.5 Å². The topological polar surface area (TPSA) is 110 Å². The Labute approximate surface area is 109 Å². The highest BCUT2D eigenvalue weighted by molar-refractivity contribution is 5.97. The van der Waals surface area contributed by atoms with E-state index < -0.39 is 12.0 Å². The van der Waals surface area contributed by atoms with Gasteiger partial charge in [-0.25, -0.2) is 4.98 Å². The van der Waals surface area contributed by atoms with Crippen LogP contribution in [0.25, 0.3) is 11.0 Å². The minimum atomic E-state index is -0.871. The number of nitrogens with two attached hydrogens (primary N) is 1. The number of benzene rings is 1. The van der Waals surface area contributed by atoms with Crippen LogP contribution in [-0.2, 0) is 9.53 Å². The SMILES string of the molecule is COC(=O)[C@@H](N)CNC(=O)c1ccc2nc[nH]c2c1. The van der Waals surface area contributed by atoms with Crippen molar-refractivity contribution in [2.24, 2.45) is 5.73 Å². The number of rotatable bonds is 4. The summed E-state index contributed by atoms with van der Waals surface area (Å²) in [6.45, 7) is 0.0204. The molecule has 0 bridgehead atoms. The number of fused-ring (bicyclic) bond motifs is 1. The molecule has 0 fully saturated rings. The van der Waals surface area contributed by atoms with Crippen LogP contribution in [0, 0.1) is 0 Å². The van der Waals surface area contributed by atoms with Crippen LogP contribution in [0.5, 0.6) is 0 Å². The summed E-state index contributed by atoms with van der Waals surface area (Å²) in [4.78, 5) is 29.9. The van der Waals surface area contributed by atoms with Gasteiger partial charge in [0.1, 0.15) is 6.04 Å². The van der Waals surface area contributed by atoms with Crippen LogP contribution in [-0.4, -0.2) is 41.5 Å². The largest absolute Gasteiger partial charge is 0.468 e. The van der Waals surface area contributed by atoms with Crippen LogP contribution >= 0.6 is 0 Å². The number of ether oxygens (including phenoxy) is 1. The normalized spacial score (nSPS) is 12.1.